The summed E-state index contributed by atoms with van der Waals surface area (Å²) in [7, 11) is -2.94. The normalized spacial score (nSPS) is 24.5. The minimum absolute atomic E-state index is 0.0706. The summed E-state index contributed by atoms with van der Waals surface area (Å²) in [4.78, 5) is 0. The molecule has 17 heavy (non-hydrogen) atoms. The average Bonchev–Trinajstić information content (AvgIpc) is 2.58. The molecular weight excluding hydrogens is 240 g/mol. The van der Waals surface area contributed by atoms with E-state index >= 15 is 0 Å². The molecule has 1 heterocycles. The van der Waals surface area contributed by atoms with E-state index in [4.69, 9.17) is 4.74 Å². The second kappa shape index (κ2) is 4.66. The van der Waals surface area contributed by atoms with Crippen molar-refractivity contribution in [3.63, 3.8) is 0 Å². The van der Waals surface area contributed by atoms with Gasteiger partial charge in [0.25, 0.3) is 0 Å². The molecule has 1 fully saturated rings. The van der Waals surface area contributed by atoms with Crippen molar-refractivity contribution < 1.29 is 18.3 Å². The highest BCUT2D eigenvalue weighted by Gasteiger charge is 2.29. The van der Waals surface area contributed by atoms with Gasteiger partial charge in [0, 0.05) is 5.56 Å². The van der Waals surface area contributed by atoms with Crippen LogP contribution in [-0.2, 0) is 9.84 Å². The van der Waals surface area contributed by atoms with Crippen molar-refractivity contribution in [1.29, 1.82) is 0 Å². The van der Waals surface area contributed by atoms with Gasteiger partial charge in [0.2, 0.25) is 0 Å². The number of sulfone groups is 1. The van der Waals surface area contributed by atoms with Crippen LogP contribution in [0.3, 0.4) is 0 Å². The summed E-state index contributed by atoms with van der Waals surface area (Å²) in [5.74, 6) is 0.833. The number of aliphatic hydroxyl groups is 1. The topological polar surface area (TPSA) is 63.6 Å². The van der Waals surface area contributed by atoms with E-state index < -0.39 is 15.9 Å². The third kappa shape index (κ3) is 2.98. The number of hydrogen-bond acceptors (Lipinski definition) is 4. The monoisotopic (exact) mass is 256 g/mol. The van der Waals surface area contributed by atoms with E-state index in [1.165, 1.54) is 0 Å². The van der Waals surface area contributed by atoms with Crippen LogP contribution in [0.1, 0.15) is 25.0 Å². The molecule has 2 rings (SSSR count). The highest BCUT2D eigenvalue weighted by Crippen LogP contribution is 2.27. The molecule has 2 unspecified atom stereocenters. The fourth-order valence-electron chi connectivity index (χ4n) is 1.97. The van der Waals surface area contributed by atoms with Crippen LogP contribution < -0.4 is 4.74 Å². The Balaban J connectivity index is 2.14. The lowest BCUT2D eigenvalue weighted by atomic mass is 10.1. The highest BCUT2D eigenvalue weighted by molar-refractivity contribution is 7.91. The Morgan fingerprint density at radius 2 is 2.12 bits per heavy atom. The van der Waals surface area contributed by atoms with Gasteiger partial charge < -0.3 is 9.84 Å². The van der Waals surface area contributed by atoms with Crippen molar-refractivity contribution in [2.75, 3.05) is 11.5 Å². The SMILES string of the molecule is CC(O)c1ccccc1OC1CCS(=O)(=O)C1. The lowest BCUT2D eigenvalue weighted by Crippen LogP contribution is -2.18. The first-order valence-corrected chi connectivity index (χ1v) is 7.44. The largest absolute Gasteiger partial charge is 0.489 e. The van der Waals surface area contributed by atoms with E-state index in [0.717, 1.165) is 0 Å². The van der Waals surface area contributed by atoms with E-state index in [0.29, 0.717) is 17.7 Å². The van der Waals surface area contributed by atoms with Crippen LogP contribution in [0.15, 0.2) is 24.3 Å². The van der Waals surface area contributed by atoms with Gasteiger partial charge in [0.15, 0.2) is 9.84 Å². The Morgan fingerprint density at radius 3 is 2.71 bits per heavy atom. The number of rotatable bonds is 3. The van der Waals surface area contributed by atoms with Crippen molar-refractivity contribution in [2.45, 2.75) is 25.6 Å². The molecular formula is C12H16O4S. The van der Waals surface area contributed by atoms with E-state index in [1.807, 2.05) is 12.1 Å². The van der Waals surface area contributed by atoms with Crippen LogP contribution in [0.4, 0.5) is 0 Å². The molecule has 0 spiro atoms. The standard InChI is InChI=1S/C12H16O4S/c1-9(13)11-4-2-3-5-12(11)16-10-6-7-17(14,15)8-10/h2-5,9-10,13H,6-8H2,1H3. The second-order valence-corrected chi connectivity index (χ2v) is 6.59. The Morgan fingerprint density at radius 1 is 1.41 bits per heavy atom. The Labute approximate surface area is 101 Å². The van der Waals surface area contributed by atoms with E-state index in [9.17, 15) is 13.5 Å². The van der Waals surface area contributed by atoms with Crippen molar-refractivity contribution in [1.82, 2.24) is 0 Å². The summed E-state index contributed by atoms with van der Waals surface area (Å²) in [5.41, 5.74) is 0.691. The molecule has 0 saturated carbocycles. The van der Waals surface area contributed by atoms with Gasteiger partial charge in [-0.25, -0.2) is 8.42 Å². The first kappa shape index (κ1) is 12.4. The molecule has 0 aliphatic carbocycles. The van der Waals surface area contributed by atoms with Crippen molar-refractivity contribution in [3.8, 4) is 5.75 Å². The van der Waals surface area contributed by atoms with E-state index in [1.54, 1.807) is 19.1 Å². The maximum atomic E-state index is 11.3. The zero-order valence-corrected chi connectivity index (χ0v) is 10.5. The fourth-order valence-corrected chi connectivity index (χ4v) is 3.56. The molecule has 0 radical (unpaired) electrons. The molecule has 1 aliphatic heterocycles. The van der Waals surface area contributed by atoms with Crippen LogP contribution in [-0.4, -0.2) is 31.1 Å². The molecule has 0 aromatic heterocycles. The van der Waals surface area contributed by atoms with Gasteiger partial charge in [-0.1, -0.05) is 18.2 Å². The van der Waals surface area contributed by atoms with Crippen LogP contribution in [0.5, 0.6) is 5.75 Å². The highest BCUT2D eigenvalue weighted by atomic mass is 32.2. The predicted molar refractivity (Wildman–Crippen MR) is 64.8 cm³/mol. The molecule has 4 nitrogen and oxygen atoms in total. The quantitative estimate of drug-likeness (QED) is 0.885. The molecule has 1 aromatic carbocycles. The van der Waals surface area contributed by atoms with Crippen molar-refractivity contribution in [3.05, 3.63) is 29.8 Å². The zero-order valence-electron chi connectivity index (χ0n) is 9.67. The first-order valence-electron chi connectivity index (χ1n) is 5.62. The summed E-state index contributed by atoms with van der Waals surface area (Å²) in [6.45, 7) is 1.66. The Hall–Kier alpha value is -1.07. The number of aliphatic hydroxyl groups excluding tert-OH is 1. The molecule has 1 N–H and O–H groups in total. The van der Waals surface area contributed by atoms with Crippen LogP contribution in [0.2, 0.25) is 0 Å². The third-order valence-electron chi connectivity index (χ3n) is 2.85. The van der Waals surface area contributed by atoms with Gasteiger partial charge in [-0.2, -0.15) is 0 Å². The Kier molecular flexibility index (Phi) is 3.40. The summed E-state index contributed by atoms with van der Waals surface area (Å²) in [5, 5.41) is 9.58. The average molecular weight is 256 g/mol. The lowest BCUT2D eigenvalue weighted by molar-refractivity contribution is 0.180. The first-order chi connectivity index (χ1) is 7.98. The van der Waals surface area contributed by atoms with Gasteiger partial charge in [-0.05, 0) is 19.4 Å². The van der Waals surface area contributed by atoms with Gasteiger partial charge in [0.1, 0.15) is 11.9 Å². The van der Waals surface area contributed by atoms with Gasteiger partial charge in [-0.15, -0.1) is 0 Å². The van der Waals surface area contributed by atoms with Crippen LogP contribution >= 0.6 is 0 Å². The molecule has 1 aliphatic rings. The van der Waals surface area contributed by atoms with Crippen LogP contribution in [0, 0.1) is 0 Å². The van der Waals surface area contributed by atoms with Gasteiger partial charge >= 0.3 is 0 Å². The maximum Gasteiger partial charge on any atom is 0.154 e. The number of benzene rings is 1. The minimum atomic E-state index is -2.94. The molecule has 1 saturated heterocycles. The summed E-state index contributed by atoms with van der Waals surface area (Å²) in [6, 6.07) is 7.17. The van der Waals surface area contributed by atoms with Crippen molar-refractivity contribution in [2.24, 2.45) is 0 Å². The Bertz CT molecular complexity index is 493. The van der Waals surface area contributed by atoms with Crippen LogP contribution in [0.25, 0.3) is 0 Å². The van der Waals surface area contributed by atoms with Gasteiger partial charge in [-0.3, -0.25) is 0 Å². The smallest absolute Gasteiger partial charge is 0.154 e. The molecule has 0 bridgehead atoms. The summed E-state index contributed by atoms with van der Waals surface area (Å²) >= 11 is 0. The molecule has 0 amide bonds. The molecule has 1 aromatic rings. The molecule has 2 atom stereocenters. The third-order valence-corrected chi connectivity index (χ3v) is 4.59. The number of ether oxygens (including phenoxy) is 1. The molecule has 5 heteroatoms. The fraction of sp³-hybridized carbons (Fsp3) is 0.500. The summed E-state index contributed by atoms with van der Waals surface area (Å²) < 4.78 is 28.3. The number of para-hydroxylation sites is 1. The van der Waals surface area contributed by atoms with E-state index in [-0.39, 0.29) is 17.6 Å². The number of hydrogen-bond donors (Lipinski definition) is 1. The van der Waals surface area contributed by atoms with E-state index in [2.05, 4.69) is 0 Å². The maximum absolute atomic E-state index is 11.3. The minimum Gasteiger partial charge on any atom is -0.489 e. The zero-order chi connectivity index (χ0) is 12.5. The van der Waals surface area contributed by atoms with Crippen molar-refractivity contribution >= 4 is 9.84 Å². The van der Waals surface area contributed by atoms with Gasteiger partial charge in [0.05, 0.1) is 17.6 Å². The second-order valence-electron chi connectivity index (χ2n) is 4.36. The summed E-state index contributed by atoms with van der Waals surface area (Å²) in [6.07, 6.45) is -0.389. The predicted octanol–water partition coefficient (Wildman–Crippen LogP) is 1.31. The lowest BCUT2D eigenvalue weighted by Gasteiger charge is -2.16. The molecule has 94 valence electrons.